The summed E-state index contributed by atoms with van der Waals surface area (Å²) in [5, 5.41) is 1.33. The molecule has 0 bridgehead atoms. The van der Waals surface area contributed by atoms with Gasteiger partial charge in [0.05, 0.1) is 12.5 Å². The van der Waals surface area contributed by atoms with Gasteiger partial charge in [0.1, 0.15) is 12.2 Å². The van der Waals surface area contributed by atoms with Crippen molar-refractivity contribution in [2.24, 2.45) is 0 Å². The van der Waals surface area contributed by atoms with Gasteiger partial charge < -0.3 is 18.3 Å². The number of hydrogen-bond acceptors (Lipinski definition) is 5. The van der Waals surface area contributed by atoms with E-state index >= 15 is 0 Å². The van der Waals surface area contributed by atoms with Gasteiger partial charge in [0.15, 0.2) is 0 Å². The summed E-state index contributed by atoms with van der Waals surface area (Å²) in [6.45, 7) is 4.06. The zero-order chi connectivity index (χ0) is 18.1. The van der Waals surface area contributed by atoms with E-state index in [1.165, 1.54) is 7.11 Å². The second kappa shape index (κ2) is 6.44. The molecular formula is C21H16O5. The average molecular weight is 348 g/mol. The molecule has 4 rings (SSSR count). The number of carbonyl (C=O) groups is 1. The summed E-state index contributed by atoms with van der Waals surface area (Å²) >= 11 is 0. The summed E-state index contributed by atoms with van der Waals surface area (Å²) in [7, 11) is 1.31. The first-order valence-corrected chi connectivity index (χ1v) is 8.08. The zero-order valence-corrected chi connectivity index (χ0v) is 14.2. The van der Waals surface area contributed by atoms with E-state index < -0.39 is 5.97 Å². The van der Waals surface area contributed by atoms with Gasteiger partial charge in [-0.3, -0.25) is 0 Å². The Labute approximate surface area is 149 Å². The third-order valence-electron chi connectivity index (χ3n) is 4.21. The molecule has 0 aliphatic rings. The predicted molar refractivity (Wildman–Crippen MR) is 98.2 cm³/mol. The normalized spacial score (nSPS) is 11.0. The largest absolute Gasteiger partial charge is 0.463 e. The minimum absolute atomic E-state index is 0.0689. The lowest BCUT2D eigenvalue weighted by molar-refractivity contribution is 0.0559. The van der Waals surface area contributed by atoms with E-state index in [1.807, 2.05) is 48.5 Å². The van der Waals surface area contributed by atoms with Gasteiger partial charge in [-0.15, -0.1) is 0 Å². The number of carbonyl (C=O) groups excluding carboxylic acids is 1. The summed E-state index contributed by atoms with van der Waals surface area (Å²) in [6, 6.07) is 15.2. The highest BCUT2D eigenvalue weighted by molar-refractivity contribution is 6.15. The number of hydrogen-bond donors (Lipinski definition) is 0. The molecule has 0 aliphatic heterocycles. The summed E-state index contributed by atoms with van der Waals surface area (Å²) in [5.41, 5.74) is 2.95. The Kier molecular flexibility index (Phi) is 3.97. The minimum atomic E-state index is -0.581. The van der Waals surface area contributed by atoms with Crippen LogP contribution in [-0.4, -0.2) is 13.1 Å². The molecule has 0 N–H and O–H groups in total. The lowest BCUT2D eigenvalue weighted by Crippen LogP contribution is -2.00. The van der Waals surface area contributed by atoms with Gasteiger partial charge in [-0.05, 0) is 17.2 Å². The van der Waals surface area contributed by atoms with Crippen molar-refractivity contribution >= 4 is 34.0 Å². The van der Waals surface area contributed by atoms with Gasteiger partial charge in [-0.1, -0.05) is 55.1 Å². The van der Waals surface area contributed by atoms with E-state index in [0.717, 1.165) is 16.5 Å². The maximum Gasteiger partial charge on any atom is 0.374 e. The highest BCUT2D eigenvalue weighted by Gasteiger charge is 2.27. The maximum atomic E-state index is 12.1. The topological polar surface area (TPSA) is 61.8 Å². The Balaban J connectivity index is 1.80. The van der Waals surface area contributed by atoms with Crippen molar-refractivity contribution in [3.8, 4) is 5.95 Å². The molecule has 0 spiro atoms. The van der Waals surface area contributed by atoms with Crippen LogP contribution in [0.1, 0.15) is 21.7 Å². The van der Waals surface area contributed by atoms with E-state index in [-0.39, 0.29) is 18.3 Å². The summed E-state index contributed by atoms with van der Waals surface area (Å²) in [6.07, 6.45) is 1.76. The molecular weight excluding hydrogens is 332 g/mol. The van der Waals surface area contributed by atoms with Crippen LogP contribution in [0.15, 0.2) is 63.9 Å². The standard InChI is InChI=1S/C21H16O5/c1-3-13-8-4-5-9-14(13)12-24-21-19-17(18(26-21)20(22)23-2)15-10-6-7-11-16(15)25-19/h3-11H,1,12H2,2H3. The van der Waals surface area contributed by atoms with Crippen LogP contribution in [-0.2, 0) is 11.3 Å². The number of fused-ring (bicyclic) bond motifs is 3. The summed E-state index contributed by atoms with van der Waals surface area (Å²) < 4.78 is 22.2. The fourth-order valence-corrected chi connectivity index (χ4v) is 2.94. The van der Waals surface area contributed by atoms with Crippen LogP contribution >= 0.6 is 0 Å². The molecule has 130 valence electrons. The number of ether oxygens (including phenoxy) is 2. The van der Waals surface area contributed by atoms with Crippen LogP contribution in [0.25, 0.3) is 28.0 Å². The molecule has 2 aromatic carbocycles. The lowest BCUT2D eigenvalue weighted by atomic mass is 10.1. The number of rotatable bonds is 5. The van der Waals surface area contributed by atoms with Crippen LogP contribution in [0, 0.1) is 0 Å². The molecule has 2 aromatic heterocycles. The number of benzene rings is 2. The zero-order valence-electron chi connectivity index (χ0n) is 14.2. The first-order chi connectivity index (χ1) is 12.7. The van der Waals surface area contributed by atoms with Crippen molar-refractivity contribution in [3.05, 3.63) is 72.0 Å². The first kappa shape index (κ1) is 16.0. The predicted octanol–water partition coefficient (Wildman–Crippen LogP) is 5.19. The Morgan fingerprint density at radius 3 is 2.69 bits per heavy atom. The molecule has 26 heavy (non-hydrogen) atoms. The molecule has 0 saturated heterocycles. The quantitative estimate of drug-likeness (QED) is 0.465. The van der Waals surface area contributed by atoms with Gasteiger partial charge in [-0.25, -0.2) is 4.79 Å². The van der Waals surface area contributed by atoms with Crippen molar-refractivity contribution in [1.82, 2.24) is 0 Å². The van der Waals surface area contributed by atoms with Crippen LogP contribution in [0.2, 0.25) is 0 Å². The first-order valence-electron chi connectivity index (χ1n) is 8.08. The maximum absolute atomic E-state index is 12.1. The lowest BCUT2D eigenvalue weighted by Gasteiger charge is -2.06. The summed E-state index contributed by atoms with van der Waals surface area (Å²) in [4.78, 5) is 12.1. The molecule has 0 unspecified atom stereocenters. The minimum Gasteiger partial charge on any atom is -0.463 e. The summed E-state index contributed by atoms with van der Waals surface area (Å²) in [5.74, 6) is -0.363. The highest BCUT2D eigenvalue weighted by Crippen LogP contribution is 2.40. The van der Waals surface area contributed by atoms with E-state index in [1.54, 1.807) is 6.08 Å². The number of furan rings is 2. The molecule has 0 fully saturated rings. The van der Waals surface area contributed by atoms with Crippen molar-refractivity contribution in [1.29, 1.82) is 0 Å². The van der Waals surface area contributed by atoms with Gasteiger partial charge in [0, 0.05) is 5.39 Å². The van der Waals surface area contributed by atoms with Crippen molar-refractivity contribution in [3.63, 3.8) is 0 Å². The molecule has 5 heteroatoms. The highest BCUT2D eigenvalue weighted by atomic mass is 16.6. The fraction of sp³-hybridized carbons (Fsp3) is 0.0952. The molecule has 0 radical (unpaired) electrons. The van der Waals surface area contributed by atoms with Crippen LogP contribution in [0.3, 0.4) is 0 Å². The van der Waals surface area contributed by atoms with Crippen LogP contribution in [0.5, 0.6) is 5.95 Å². The third-order valence-corrected chi connectivity index (χ3v) is 4.21. The fourth-order valence-electron chi connectivity index (χ4n) is 2.94. The number of para-hydroxylation sites is 1. The Morgan fingerprint density at radius 2 is 1.88 bits per heavy atom. The van der Waals surface area contributed by atoms with E-state index in [9.17, 15) is 4.79 Å². The van der Waals surface area contributed by atoms with Crippen molar-refractivity contribution in [2.75, 3.05) is 7.11 Å². The van der Waals surface area contributed by atoms with E-state index in [2.05, 4.69) is 6.58 Å². The van der Waals surface area contributed by atoms with Gasteiger partial charge in [-0.2, -0.15) is 0 Å². The van der Waals surface area contributed by atoms with Crippen LogP contribution < -0.4 is 4.74 Å². The monoisotopic (exact) mass is 348 g/mol. The van der Waals surface area contributed by atoms with E-state index in [0.29, 0.717) is 16.6 Å². The average Bonchev–Trinajstić information content (AvgIpc) is 3.23. The molecule has 0 aliphatic carbocycles. The number of methoxy groups -OCH3 is 1. The van der Waals surface area contributed by atoms with Crippen molar-refractivity contribution in [2.45, 2.75) is 6.61 Å². The Bertz CT molecular complexity index is 1120. The van der Waals surface area contributed by atoms with Gasteiger partial charge in [0.25, 0.3) is 0 Å². The third kappa shape index (κ3) is 2.54. The SMILES string of the molecule is C=Cc1ccccc1COc1oc(C(=O)OC)c2c1oc1ccccc12. The second-order valence-corrected chi connectivity index (χ2v) is 5.70. The van der Waals surface area contributed by atoms with Crippen molar-refractivity contribution < 1.29 is 23.1 Å². The number of esters is 1. The smallest absolute Gasteiger partial charge is 0.374 e. The Morgan fingerprint density at radius 1 is 1.12 bits per heavy atom. The molecule has 2 heterocycles. The van der Waals surface area contributed by atoms with E-state index in [4.69, 9.17) is 18.3 Å². The second-order valence-electron chi connectivity index (χ2n) is 5.70. The van der Waals surface area contributed by atoms with Crippen LogP contribution in [0.4, 0.5) is 0 Å². The molecule has 0 saturated carbocycles. The molecule has 0 amide bonds. The Hall–Kier alpha value is -3.47. The molecule has 4 aromatic rings. The molecule has 5 nitrogen and oxygen atoms in total. The van der Waals surface area contributed by atoms with Gasteiger partial charge in [0.2, 0.25) is 11.3 Å². The molecule has 0 atom stereocenters. The van der Waals surface area contributed by atoms with Gasteiger partial charge >= 0.3 is 11.9 Å².